The van der Waals surface area contributed by atoms with E-state index in [4.69, 9.17) is 4.42 Å². The van der Waals surface area contributed by atoms with Crippen LogP contribution in [0.5, 0.6) is 0 Å². The maximum Gasteiger partial charge on any atom is 0.213 e. The molecule has 4 nitrogen and oxygen atoms in total. The van der Waals surface area contributed by atoms with Gasteiger partial charge < -0.3 is 9.73 Å². The number of hydrogen-bond acceptors (Lipinski definition) is 4. The first-order valence-corrected chi connectivity index (χ1v) is 5.73. The fraction of sp³-hybridized carbons (Fsp3) is 0.273. The second-order valence-electron chi connectivity index (χ2n) is 3.46. The van der Waals surface area contributed by atoms with E-state index in [1.54, 1.807) is 6.20 Å². The minimum Gasteiger partial charge on any atom is -0.444 e. The van der Waals surface area contributed by atoms with Crippen molar-refractivity contribution in [1.82, 2.24) is 9.97 Å². The number of anilines is 1. The molecular formula is C11H12BrN3O. The molecule has 2 aromatic rings. The van der Waals surface area contributed by atoms with Gasteiger partial charge in [-0.3, -0.25) is 0 Å². The van der Waals surface area contributed by atoms with Gasteiger partial charge in [-0.1, -0.05) is 0 Å². The molecule has 0 spiro atoms. The second-order valence-corrected chi connectivity index (χ2v) is 4.38. The average Bonchev–Trinajstić information content (AvgIpc) is 2.58. The van der Waals surface area contributed by atoms with Crippen LogP contribution in [0.4, 0.5) is 5.82 Å². The van der Waals surface area contributed by atoms with Crippen molar-refractivity contribution in [3.05, 3.63) is 40.1 Å². The lowest BCUT2D eigenvalue weighted by molar-refractivity contribution is 0.478. The third-order valence-corrected chi connectivity index (χ3v) is 2.69. The maximum absolute atomic E-state index is 5.45. The molecule has 2 heterocycles. The van der Waals surface area contributed by atoms with Crippen LogP contribution < -0.4 is 5.32 Å². The monoisotopic (exact) mass is 281 g/mol. The minimum absolute atomic E-state index is 0.545. The molecule has 0 bridgehead atoms. The number of nitrogens with one attached hydrogen (secondary N) is 1. The second kappa shape index (κ2) is 4.65. The fourth-order valence-corrected chi connectivity index (χ4v) is 1.50. The van der Waals surface area contributed by atoms with Gasteiger partial charge in [0.05, 0.1) is 12.2 Å². The summed E-state index contributed by atoms with van der Waals surface area (Å²) in [5.74, 6) is 2.34. The molecule has 0 amide bonds. The summed E-state index contributed by atoms with van der Waals surface area (Å²) < 4.78 is 6.41. The van der Waals surface area contributed by atoms with Crippen molar-refractivity contribution in [2.75, 3.05) is 5.32 Å². The number of oxazole rings is 1. The van der Waals surface area contributed by atoms with Crippen molar-refractivity contribution in [3.8, 4) is 0 Å². The number of pyridine rings is 1. The first kappa shape index (κ1) is 11.1. The molecule has 2 rings (SSSR count). The van der Waals surface area contributed by atoms with Crippen LogP contribution in [0, 0.1) is 13.8 Å². The van der Waals surface area contributed by atoms with E-state index in [1.807, 2.05) is 26.0 Å². The molecule has 0 radical (unpaired) electrons. The van der Waals surface area contributed by atoms with Crippen LogP contribution in [-0.4, -0.2) is 9.97 Å². The molecule has 0 aromatic carbocycles. The van der Waals surface area contributed by atoms with Gasteiger partial charge in [0.25, 0.3) is 0 Å². The van der Waals surface area contributed by atoms with Gasteiger partial charge >= 0.3 is 0 Å². The zero-order valence-electron chi connectivity index (χ0n) is 9.12. The van der Waals surface area contributed by atoms with E-state index in [2.05, 4.69) is 31.2 Å². The quantitative estimate of drug-likeness (QED) is 0.940. The average molecular weight is 282 g/mol. The van der Waals surface area contributed by atoms with Crippen LogP contribution in [0.1, 0.15) is 17.3 Å². The first-order chi connectivity index (χ1) is 7.65. The first-order valence-electron chi connectivity index (χ1n) is 4.93. The van der Waals surface area contributed by atoms with E-state index in [-0.39, 0.29) is 0 Å². The highest BCUT2D eigenvalue weighted by Crippen LogP contribution is 2.12. The van der Waals surface area contributed by atoms with Crippen LogP contribution in [-0.2, 0) is 6.54 Å². The molecule has 0 unspecified atom stereocenters. The molecule has 84 valence electrons. The normalized spacial score (nSPS) is 10.4. The summed E-state index contributed by atoms with van der Waals surface area (Å²) in [4.78, 5) is 8.47. The molecular weight excluding hydrogens is 270 g/mol. The van der Waals surface area contributed by atoms with Gasteiger partial charge in [0.15, 0.2) is 0 Å². The predicted octanol–water partition coefficient (Wildman–Crippen LogP) is 3.06. The van der Waals surface area contributed by atoms with Gasteiger partial charge in [-0.25, -0.2) is 9.97 Å². The number of halogens is 1. The summed E-state index contributed by atoms with van der Waals surface area (Å²) in [6, 6.07) is 3.83. The van der Waals surface area contributed by atoms with Crippen LogP contribution in [0.3, 0.4) is 0 Å². The van der Waals surface area contributed by atoms with E-state index < -0.39 is 0 Å². The highest BCUT2D eigenvalue weighted by molar-refractivity contribution is 9.10. The van der Waals surface area contributed by atoms with Gasteiger partial charge in [-0.05, 0) is 41.9 Å². The molecule has 16 heavy (non-hydrogen) atoms. The van der Waals surface area contributed by atoms with Crippen molar-refractivity contribution in [2.45, 2.75) is 20.4 Å². The third-order valence-electron chi connectivity index (χ3n) is 2.22. The molecule has 0 saturated heterocycles. The highest BCUT2D eigenvalue weighted by Gasteiger charge is 2.04. The lowest BCUT2D eigenvalue weighted by Crippen LogP contribution is -2.01. The third kappa shape index (κ3) is 2.61. The molecule has 5 heteroatoms. The Morgan fingerprint density at radius 3 is 2.75 bits per heavy atom. The van der Waals surface area contributed by atoms with E-state index in [0.29, 0.717) is 12.4 Å². The highest BCUT2D eigenvalue weighted by atomic mass is 79.9. The summed E-state index contributed by atoms with van der Waals surface area (Å²) >= 11 is 3.33. The van der Waals surface area contributed by atoms with E-state index in [9.17, 15) is 0 Å². The molecule has 0 aliphatic heterocycles. The van der Waals surface area contributed by atoms with Crippen LogP contribution in [0.15, 0.2) is 27.2 Å². The smallest absolute Gasteiger partial charge is 0.213 e. The van der Waals surface area contributed by atoms with E-state index >= 15 is 0 Å². The van der Waals surface area contributed by atoms with Gasteiger partial charge in [0.2, 0.25) is 5.89 Å². The summed E-state index contributed by atoms with van der Waals surface area (Å²) in [6.07, 6.45) is 1.74. The summed E-state index contributed by atoms with van der Waals surface area (Å²) in [7, 11) is 0. The topological polar surface area (TPSA) is 51.0 Å². The lowest BCUT2D eigenvalue weighted by atomic mass is 10.4. The Bertz CT molecular complexity index is 459. The van der Waals surface area contributed by atoms with Crippen molar-refractivity contribution < 1.29 is 4.42 Å². The molecule has 0 aliphatic carbocycles. The Hall–Kier alpha value is -1.36. The molecule has 0 fully saturated rings. The number of nitrogens with zero attached hydrogens (tertiary/aromatic N) is 2. The summed E-state index contributed by atoms with van der Waals surface area (Å²) in [5, 5.41) is 3.14. The number of hydrogen-bond donors (Lipinski definition) is 1. The Balaban J connectivity index is 1.99. The zero-order valence-corrected chi connectivity index (χ0v) is 10.7. The van der Waals surface area contributed by atoms with Crippen molar-refractivity contribution in [1.29, 1.82) is 0 Å². The van der Waals surface area contributed by atoms with Crippen molar-refractivity contribution in [3.63, 3.8) is 0 Å². The van der Waals surface area contributed by atoms with Crippen LogP contribution in [0.25, 0.3) is 0 Å². The fourth-order valence-electron chi connectivity index (χ4n) is 1.26. The van der Waals surface area contributed by atoms with Crippen LogP contribution in [0.2, 0.25) is 0 Å². The lowest BCUT2D eigenvalue weighted by Gasteiger charge is -2.01. The van der Waals surface area contributed by atoms with Gasteiger partial charge in [-0.15, -0.1) is 0 Å². The minimum atomic E-state index is 0.545. The standard InChI is InChI=1S/C11H12BrN3O/c1-7-8(2)16-11(15-7)6-14-10-4-3-9(12)5-13-10/h3-5H,6H2,1-2H3,(H,13,14). The molecule has 2 aromatic heterocycles. The SMILES string of the molecule is Cc1nc(CNc2ccc(Br)cn2)oc1C. The van der Waals surface area contributed by atoms with Crippen molar-refractivity contribution in [2.24, 2.45) is 0 Å². The number of aromatic nitrogens is 2. The zero-order chi connectivity index (χ0) is 11.5. The summed E-state index contributed by atoms with van der Waals surface area (Å²) in [5.41, 5.74) is 0.931. The Kier molecular flexibility index (Phi) is 3.24. The number of aryl methyl sites for hydroxylation is 2. The largest absolute Gasteiger partial charge is 0.444 e. The Morgan fingerprint density at radius 1 is 1.38 bits per heavy atom. The van der Waals surface area contributed by atoms with Crippen molar-refractivity contribution >= 4 is 21.7 Å². The number of rotatable bonds is 3. The van der Waals surface area contributed by atoms with Gasteiger partial charge in [-0.2, -0.15) is 0 Å². The Morgan fingerprint density at radius 2 is 2.19 bits per heavy atom. The van der Waals surface area contributed by atoms with Crippen LogP contribution >= 0.6 is 15.9 Å². The molecule has 0 aliphatic rings. The molecule has 1 N–H and O–H groups in total. The molecule has 0 saturated carbocycles. The predicted molar refractivity (Wildman–Crippen MR) is 65.2 cm³/mol. The summed E-state index contributed by atoms with van der Waals surface area (Å²) in [6.45, 7) is 4.38. The Labute approximate surface area is 102 Å². The van der Waals surface area contributed by atoms with Gasteiger partial charge in [0, 0.05) is 10.7 Å². The maximum atomic E-state index is 5.45. The van der Waals surface area contributed by atoms with Gasteiger partial charge in [0.1, 0.15) is 11.6 Å². The molecule has 0 atom stereocenters. The van der Waals surface area contributed by atoms with E-state index in [0.717, 1.165) is 21.7 Å². The van der Waals surface area contributed by atoms with E-state index in [1.165, 1.54) is 0 Å².